The zero-order chi connectivity index (χ0) is 25.1. The van der Waals surface area contributed by atoms with Crippen LogP contribution in [0.25, 0.3) is 0 Å². The molecule has 1 aliphatic rings. The fourth-order valence-corrected chi connectivity index (χ4v) is 2.78. The normalized spacial score (nSPS) is 18.4. The van der Waals surface area contributed by atoms with E-state index in [1.165, 1.54) is 13.0 Å². The van der Waals surface area contributed by atoms with Crippen LogP contribution in [0, 0.1) is 0 Å². The second-order valence-corrected chi connectivity index (χ2v) is 7.61. The van der Waals surface area contributed by atoms with Crippen molar-refractivity contribution in [3.05, 3.63) is 53.1 Å². The molecule has 0 radical (unpaired) electrons. The predicted molar refractivity (Wildman–Crippen MR) is 123 cm³/mol. The van der Waals surface area contributed by atoms with Crippen LogP contribution in [0.2, 0.25) is 0 Å². The van der Waals surface area contributed by atoms with Crippen LogP contribution in [0.15, 0.2) is 52.6 Å². The molecule has 1 aromatic carbocycles. The number of cyclic esters (lactones) is 2. The van der Waals surface area contributed by atoms with E-state index in [4.69, 9.17) is 18.9 Å². The van der Waals surface area contributed by atoms with Crippen molar-refractivity contribution < 1.29 is 38.1 Å². The number of hydrogen-bond acceptors (Lipinski definition) is 9. The van der Waals surface area contributed by atoms with Gasteiger partial charge >= 0.3 is 23.9 Å². The van der Waals surface area contributed by atoms with Crippen LogP contribution < -0.4 is 0 Å². The second kappa shape index (κ2) is 12.5. The molecule has 34 heavy (non-hydrogen) atoms. The van der Waals surface area contributed by atoms with Gasteiger partial charge < -0.3 is 18.9 Å². The molecule has 0 unspecified atom stereocenters. The van der Waals surface area contributed by atoms with Crippen LogP contribution in [0.4, 0.5) is 5.69 Å². The Hall–Kier alpha value is -3.75. The maximum atomic E-state index is 12.3. The highest BCUT2D eigenvalue weighted by Gasteiger charge is 2.42. The average molecular weight is 472 g/mol. The van der Waals surface area contributed by atoms with Crippen LogP contribution >= 0.6 is 0 Å². The quantitative estimate of drug-likeness (QED) is 0.165. The Bertz CT molecular complexity index is 984. The standard InChI is InChI=1S/C25H29NO8/c1-5-21(27)32-16-14-25(4)33-23(29)20(24(30)34-25)12-7-17(3)13-15-26-19-10-8-18(9-11-19)22(28)31-6-2/h7-12,15H,5-6,13-14,16H2,1-4H3. The van der Waals surface area contributed by atoms with Gasteiger partial charge in [-0.2, -0.15) is 0 Å². The van der Waals surface area contributed by atoms with E-state index in [1.807, 2.05) is 6.92 Å². The number of benzene rings is 1. The molecule has 0 aromatic heterocycles. The lowest BCUT2D eigenvalue weighted by atomic mass is 10.1. The van der Waals surface area contributed by atoms with E-state index in [1.54, 1.807) is 50.4 Å². The summed E-state index contributed by atoms with van der Waals surface area (Å²) in [7, 11) is 0. The minimum atomic E-state index is -1.49. The Balaban J connectivity index is 1.92. The van der Waals surface area contributed by atoms with Crippen molar-refractivity contribution in [1.82, 2.24) is 0 Å². The van der Waals surface area contributed by atoms with Crippen molar-refractivity contribution in [2.45, 2.75) is 52.7 Å². The minimum Gasteiger partial charge on any atom is -0.465 e. The lowest BCUT2D eigenvalue weighted by Gasteiger charge is -2.33. The number of carbonyl (C=O) groups excluding carboxylic acids is 4. The molecule has 0 aliphatic carbocycles. The first kappa shape index (κ1) is 26.5. The summed E-state index contributed by atoms with van der Waals surface area (Å²) in [5.41, 5.74) is 1.73. The number of rotatable bonds is 10. The molecular weight excluding hydrogens is 442 g/mol. The Labute approximate surface area is 198 Å². The number of hydrogen-bond donors (Lipinski definition) is 0. The van der Waals surface area contributed by atoms with Crippen LogP contribution in [0.1, 0.15) is 57.3 Å². The third kappa shape index (κ3) is 7.99. The summed E-state index contributed by atoms with van der Waals surface area (Å²) in [4.78, 5) is 51.8. The van der Waals surface area contributed by atoms with Gasteiger partial charge in [0.05, 0.1) is 30.9 Å². The van der Waals surface area contributed by atoms with Gasteiger partial charge in [-0.3, -0.25) is 9.79 Å². The molecule has 1 saturated heterocycles. The Kier molecular flexibility index (Phi) is 9.73. The van der Waals surface area contributed by atoms with Gasteiger partial charge in [-0.15, -0.1) is 0 Å². The third-order valence-corrected chi connectivity index (χ3v) is 4.73. The second-order valence-electron chi connectivity index (χ2n) is 7.61. The molecule has 9 nitrogen and oxygen atoms in total. The van der Waals surface area contributed by atoms with Crippen LogP contribution in [-0.2, 0) is 33.3 Å². The highest BCUT2D eigenvalue weighted by atomic mass is 16.7. The Morgan fingerprint density at radius 1 is 1.06 bits per heavy atom. The van der Waals surface area contributed by atoms with E-state index >= 15 is 0 Å². The number of nitrogens with zero attached hydrogens (tertiary/aromatic N) is 1. The number of carbonyl (C=O) groups is 4. The van der Waals surface area contributed by atoms with Crippen molar-refractivity contribution in [3.63, 3.8) is 0 Å². The smallest absolute Gasteiger partial charge is 0.348 e. The van der Waals surface area contributed by atoms with Crippen LogP contribution in [0.5, 0.6) is 0 Å². The van der Waals surface area contributed by atoms with E-state index in [9.17, 15) is 19.2 Å². The van der Waals surface area contributed by atoms with Crippen LogP contribution in [-0.4, -0.2) is 49.1 Å². The maximum Gasteiger partial charge on any atom is 0.348 e. The van der Waals surface area contributed by atoms with Gasteiger partial charge in [0.15, 0.2) is 0 Å². The fourth-order valence-electron chi connectivity index (χ4n) is 2.78. The summed E-state index contributed by atoms with van der Waals surface area (Å²) >= 11 is 0. The third-order valence-electron chi connectivity index (χ3n) is 4.73. The fraction of sp³-hybridized carbons (Fsp3) is 0.400. The first-order chi connectivity index (χ1) is 16.2. The average Bonchev–Trinajstić information content (AvgIpc) is 2.78. The first-order valence-corrected chi connectivity index (χ1v) is 11.0. The molecule has 9 heteroatoms. The summed E-state index contributed by atoms with van der Waals surface area (Å²) < 4.78 is 20.4. The number of aliphatic imine (C=N–C) groups is 1. The van der Waals surface area contributed by atoms with Crippen molar-refractivity contribution in [2.75, 3.05) is 13.2 Å². The van der Waals surface area contributed by atoms with E-state index in [0.717, 1.165) is 5.57 Å². The molecule has 0 bridgehead atoms. The Morgan fingerprint density at radius 2 is 1.71 bits per heavy atom. The van der Waals surface area contributed by atoms with Crippen LogP contribution in [0.3, 0.4) is 0 Å². The lowest BCUT2D eigenvalue weighted by molar-refractivity contribution is -0.233. The van der Waals surface area contributed by atoms with E-state index in [-0.39, 0.29) is 31.0 Å². The largest absolute Gasteiger partial charge is 0.465 e. The van der Waals surface area contributed by atoms with Gasteiger partial charge in [-0.25, -0.2) is 14.4 Å². The number of esters is 4. The molecule has 1 aromatic rings. The van der Waals surface area contributed by atoms with Gasteiger partial charge in [0, 0.05) is 26.0 Å². The minimum absolute atomic E-state index is 0.0350. The number of allylic oxidation sites excluding steroid dienone is 3. The molecule has 2 rings (SSSR count). The molecule has 1 fully saturated rings. The highest BCUT2D eigenvalue weighted by Crippen LogP contribution is 2.27. The molecular formula is C25H29NO8. The van der Waals surface area contributed by atoms with Gasteiger partial charge in [-0.1, -0.05) is 18.6 Å². The lowest BCUT2D eigenvalue weighted by Crippen LogP contribution is -2.45. The van der Waals surface area contributed by atoms with Gasteiger partial charge in [0.25, 0.3) is 5.79 Å². The maximum absolute atomic E-state index is 12.3. The van der Waals surface area contributed by atoms with Crippen molar-refractivity contribution >= 4 is 35.8 Å². The zero-order valence-electron chi connectivity index (χ0n) is 19.8. The summed E-state index contributed by atoms with van der Waals surface area (Å²) in [5.74, 6) is -3.88. The summed E-state index contributed by atoms with van der Waals surface area (Å²) in [6.07, 6.45) is 5.36. The molecule has 0 amide bonds. The van der Waals surface area contributed by atoms with Gasteiger partial charge in [0.2, 0.25) is 0 Å². The topological polar surface area (TPSA) is 118 Å². The predicted octanol–water partition coefficient (Wildman–Crippen LogP) is 3.99. The SMILES string of the molecule is CCOC(=O)c1ccc(N=CCC(C)=CC=C2C(=O)OC(C)(CCOC(=O)CC)OC2=O)cc1. The van der Waals surface area contributed by atoms with Gasteiger partial charge in [-0.05, 0) is 44.2 Å². The molecule has 1 aliphatic heterocycles. The van der Waals surface area contributed by atoms with Gasteiger partial charge in [0.1, 0.15) is 5.57 Å². The molecule has 0 spiro atoms. The molecule has 0 atom stereocenters. The van der Waals surface area contributed by atoms with Crippen molar-refractivity contribution in [2.24, 2.45) is 4.99 Å². The Morgan fingerprint density at radius 3 is 2.29 bits per heavy atom. The summed E-state index contributed by atoms with van der Waals surface area (Å²) in [5, 5.41) is 0. The highest BCUT2D eigenvalue weighted by molar-refractivity contribution is 6.15. The van der Waals surface area contributed by atoms with Crippen molar-refractivity contribution in [3.8, 4) is 0 Å². The molecule has 0 N–H and O–H groups in total. The van der Waals surface area contributed by atoms with Crippen molar-refractivity contribution in [1.29, 1.82) is 0 Å². The van der Waals surface area contributed by atoms with E-state index in [0.29, 0.717) is 24.3 Å². The monoisotopic (exact) mass is 471 g/mol. The molecule has 0 saturated carbocycles. The van der Waals surface area contributed by atoms with E-state index in [2.05, 4.69) is 4.99 Å². The molecule has 1 heterocycles. The van der Waals surface area contributed by atoms with E-state index < -0.39 is 23.7 Å². The molecule has 182 valence electrons. The summed E-state index contributed by atoms with van der Waals surface area (Å²) in [6.45, 7) is 6.94. The first-order valence-electron chi connectivity index (χ1n) is 11.0. The zero-order valence-corrected chi connectivity index (χ0v) is 19.8. The summed E-state index contributed by atoms with van der Waals surface area (Å²) in [6, 6.07) is 6.69. The number of ether oxygens (including phenoxy) is 4.